The first-order valence-electron chi connectivity index (χ1n) is 6.97. The second-order valence-corrected chi connectivity index (χ2v) is 5.60. The molecule has 20 heavy (non-hydrogen) atoms. The lowest BCUT2D eigenvalue weighted by atomic mass is 9.75. The zero-order valence-electron chi connectivity index (χ0n) is 11.6. The quantitative estimate of drug-likeness (QED) is 0.891. The van der Waals surface area contributed by atoms with E-state index in [2.05, 4.69) is 10.4 Å². The van der Waals surface area contributed by atoms with Crippen LogP contribution in [0.5, 0.6) is 0 Å². The first-order chi connectivity index (χ1) is 9.62. The van der Waals surface area contributed by atoms with Crippen molar-refractivity contribution in [1.82, 2.24) is 15.1 Å². The SMILES string of the molecule is Cn1nc(CC2(C(=O)O)CCNCC2)c2ccccc21. The van der Waals surface area contributed by atoms with Gasteiger partial charge in [0, 0.05) is 18.9 Å². The molecule has 0 radical (unpaired) electrons. The van der Waals surface area contributed by atoms with Gasteiger partial charge in [-0.15, -0.1) is 0 Å². The average Bonchev–Trinajstić information content (AvgIpc) is 2.77. The van der Waals surface area contributed by atoms with E-state index in [1.54, 1.807) is 0 Å². The number of carboxylic acids is 1. The van der Waals surface area contributed by atoms with Crippen LogP contribution in [-0.2, 0) is 18.3 Å². The van der Waals surface area contributed by atoms with Gasteiger partial charge in [-0.2, -0.15) is 5.10 Å². The maximum absolute atomic E-state index is 11.8. The van der Waals surface area contributed by atoms with Gasteiger partial charge in [-0.05, 0) is 32.0 Å². The highest BCUT2D eigenvalue weighted by Gasteiger charge is 2.40. The van der Waals surface area contributed by atoms with Crippen LogP contribution in [0, 0.1) is 5.41 Å². The number of rotatable bonds is 3. The van der Waals surface area contributed by atoms with E-state index in [-0.39, 0.29) is 0 Å². The largest absolute Gasteiger partial charge is 0.481 e. The normalized spacial score (nSPS) is 18.2. The molecule has 1 saturated heterocycles. The van der Waals surface area contributed by atoms with Gasteiger partial charge >= 0.3 is 5.97 Å². The van der Waals surface area contributed by atoms with Gasteiger partial charge in [0.2, 0.25) is 0 Å². The van der Waals surface area contributed by atoms with Crippen molar-refractivity contribution in [2.75, 3.05) is 13.1 Å². The number of carbonyl (C=O) groups is 1. The number of nitrogens with one attached hydrogen (secondary N) is 1. The third-order valence-electron chi connectivity index (χ3n) is 4.35. The third-order valence-corrected chi connectivity index (χ3v) is 4.35. The summed E-state index contributed by atoms with van der Waals surface area (Å²) in [7, 11) is 1.90. The van der Waals surface area contributed by atoms with Crippen LogP contribution in [0.15, 0.2) is 24.3 Å². The van der Waals surface area contributed by atoms with Crippen molar-refractivity contribution in [3.05, 3.63) is 30.0 Å². The fourth-order valence-electron chi connectivity index (χ4n) is 3.11. The van der Waals surface area contributed by atoms with E-state index in [4.69, 9.17) is 0 Å². The minimum absolute atomic E-state index is 0.505. The Morgan fingerprint density at radius 1 is 1.40 bits per heavy atom. The van der Waals surface area contributed by atoms with E-state index in [1.165, 1.54) is 0 Å². The molecule has 106 valence electrons. The highest BCUT2D eigenvalue weighted by molar-refractivity contribution is 5.83. The number of nitrogens with zero attached hydrogens (tertiary/aromatic N) is 2. The van der Waals surface area contributed by atoms with Crippen molar-refractivity contribution in [1.29, 1.82) is 0 Å². The number of para-hydroxylation sites is 1. The molecule has 2 N–H and O–H groups in total. The van der Waals surface area contributed by atoms with Gasteiger partial charge in [0.25, 0.3) is 0 Å². The van der Waals surface area contributed by atoms with E-state index < -0.39 is 11.4 Å². The predicted octanol–water partition coefficient (Wildman–Crippen LogP) is 1.57. The number of benzene rings is 1. The molecule has 3 rings (SSSR count). The Balaban J connectivity index is 2.01. The Morgan fingerprint density at radius 3 is 2.80 bits per heavy atom. The number of aliphatic carboxylic acids is 1. The fourth-order valence-corrected chi connectivity index (χ4v) is 3.11. The zero-order chi connectivity index (χ0) is 14.2. The van der Waals surface area contributed by atoms with E-state index in [0.717, 1.165) is 29.7 Å². The van der Waals surface area contributed by atoms with E-state index in [1.807, 2.05) is 36.0 Å². The summed E-state index contributed by atoms with van der Waals surface area (Å²) < 4.78 is 1.83. The number of carboxylic acid groups (broad SMARTS) is 1. The predicted molar refractivity (Wildman–Crippen MR) is 76.6 cm³/mol. The summed E-state index contributed by atoms with van der Waals surface area (Å²) in [6, 6.07) is 7.99. The number of hydrogen-bond donors (Lipinski definition) is 2. The summed E-state index contributed by atoms with van der Waals surface area (Å²) >= 11 is 0. The number of fused-ring (bicyclic) bond motifs is 1. The Kier molecular flexibility index (Phi) is 3.22. The van der Waals surface area contributed by atoms with Gasteiger partial charge in [-0.1, -0.05) is 18.2 Å². The number of aryl methyl sites for hydroxylation is 1. The van der Waals surface area contributed by atoms with Crippen LogP contribution in [0.4, 0.5) is 0 Å². The molecule has 0 atom stereocenters. The van der Waals surface area contributed by atoms with Crippen molar-refractivity contribution < 1.29 is 9.90 Å². The summed E-state index contributed by atoms with van der Waals surface area (Å²) in [5.74, 6) is -0.700. The summed E-state index contributed by atoms with van der Waals surface area (Å²) in [5, 5.41) is 18.5. The van der Waals surface area contributed by atoms with Crippen molar-refractivity contribution in [2.24, 2.45) is 12.5 Å². The van der Waals surface area contributed by atoms with Crippen LogP contribution < -0.4 is 5.32 Å². The summed E-state index contributed by atoms with van der Waals surface area (Å²) in [6.45, 7) is 1.52. The molecule has 5 nitrogen and oxygen atoms in total. The molecule has 1 fully saturated rings. The summed E-state index contributed by atoms with van der Waals surface area (Å²) in [4.78, 5) is 11.8. The van der Waals surface area contributed by atoms with Gasteiger partial charge in [-0.25, -0.2) is 0 Å². The van der Waals surface area contributed by atoms with Crippen LogP contribution in [0.1, 0.15) is 18.5 Å². The van der Waals surface area contributed by atoms with Crippen LogP contribution in [0.3, 0.4) is 0 Å². The van der Waals surface area contributed by atoms with Crippen molar-refractivity contribution in [3.63, 3.8) is 0 Å². The van der Waals surface area contributed by atoms with E-state index >= 15 is 0 Å². The molecule has 5 heteroatoms. The molecular formula is C15H19N3O2. The van der Waals surface area contributed by atoms with Gasteiger partial charge in [0.05, 0.1) is 16.6 Å². The maximum atomic E-state index is 11.8. The molecule has 2 aromatic rings. The summed E-state index contributed by atoms with van der Waals surface area (Å²) in [5.41, 5.74) is 1.27. The minimum atomic E-state index is -0.700. The van der Waals surface area contributed by atoms with E-state index in [9.17, 15) is 9.90 Å². The standard InChI is InChI=1S/C15H19N3O2/c1-18-13-5-3-2-4-11(13)12(17-18)10-15(14(19)20)6-8-16-9-7-15/h2-5,16H,6-10H2,1H3,(H,19,20). The van der Waals surface area contributed by atoms with Gasteiger partial charge < -0.3 is 10.4 Å². The minimum Gasteiger partial charge on any atom is -0.481 e. The molecule has 1 aromatic heterocycles. The van der Waals surface area contributed by atoms with Gasteiger partial charge in [0.1, 0.15) is 0 Å². The second kappa shape index (κ2) is 4.90. The highest BCUT2D eigenvalue weighted by atomic mass is 16.4. The van der Waals surface area contributed by atoms with Crippen LogP contribution >= 0.6 is 0 Å². The van der Waals surface area contributed by atoms with Crippen molar-refractivity contribution in [3.8, 4) is 0 Å². The molecule has 2 heterocycles. The summed E-state index contributed by atoms with van der Waals surface area (Å²) in [6.07, 6.45) is 1.83. The Bertz CT molecular complexity index is 642. The topological polar surface area (TPSA) is 67.2 Å². The molecule has 0 amide bonds. The number of aromatic nitrogens is 2. The monoisotopic (exact) mass is 273 g/mol. The average molecular weight is 273 g/mol. The maximum Gasteiger partial charge on any atom is 0.310 e. The van der Waals surface area contributed by atoms with Crippen LogP contribution in [-0.4, -0.2) is 33.9 Å². The lowest BCUT2D eigenvalue weighted by Crippen LogP contribution is -2.43. The third kappa shape index (κ3) is 2.08. The molecule has 0 aliphatic carbocycles. The van der Waals surface area contributed by atoms with Crippen molar-refractivity contribution >= 4 is 16.9 Å². The van der Waals surface area contributed by atoms with Crippen LogP contribution in [0.2, 0.25) is 0 Å². The molecule has 1 aliphatic heterocycles. The van der Waals surface area contributed by atoms with Gasteiger partial charge in [0.15, 0.2) is 0 Å². The van der Waals surface area contributed by atoms with E-state index in [0.29, 0.717) is 19.3 Å². The molecule has 1 aliphatic rings. The molecule has 0 bridgehead atoms. The molecule has 1 aromatic carbocycles. The van der Waals surface area contributed by atoms with Gasteiger partial charge in [-0.3, -0.25) is 9.48 Å². The highest BCUT2D eigenvalue weighted by Crippen LogP contribution is 2.34. The Labute approximate surface area is 117 Å². The Hall–Kier alpha value is -1.88. The number of hydrogen-bond acceptors (Lipinski definition) is 3. The lowest BCUT2D eigenvalue weighted by Gasteiger charge is -2.33. The lowest BCUT2D eigenvalue weighted by molar-refractivity contribution is -0.150. The molecule has 0 unspecified atom stereocenters. The second-order valence-electron chi connectivity index (χ2n) is 5.60. The first kappa shape index (κ1) is 13.1. The molecular weight excluding hydrogens is 254 g/mol. The molecule has 0 spiro atoms. The fraction of sp³-hybridized carbons (Fsp3) is 0.467. The Morgan fingerprint density at radius 2 is 2.10 bits per heavy atom. The van der Waals surface area contributed by atoms with Crippen molar-refractivity contribution in [2.45, 2.75) is 19.3 Å². The zero-order valence-corrected chi connectivity index (χ0v) is 11.6. The first-order valence-corrected chi connectivity index (χ1v) is 6.97. The molecule has 0 saturated carbocycles. The number of piperidine rings is 1. The smallest absolute Gasteiger partial charge is 0.310 e. The van der Waals surface area contributed by atoms with Crippen LogP contribution in [0.25, 0.3) is 10.9 Å².